The maximum atomic E-state index is 5.48. The second-order valence-electron chi connectivity index (χ2n) is 6.19. The Hall–Kier alpha value is -1.01. The number of thioether (sulfide) groups is 1. The van der Waals surface area contributed by atoms with Gasteiger partial charge in [0.25, 0.3) is 0 Å². The van der Waals surface area contributed by atoms with Crippen molar-refractivity contribution in [3.05, 3.63) is 11.9 Å². The lowest BCUT2D eigenvalue weighted by atomic mass is 9.96. The van der Waals surface area contributed by atoms with Gasteiger partial charge < -0.3 is 10.7 Å². The van der Waals surface area contributed by atoms with E-state index in [0.717, 1.165) is 24.6 Å². The summed E-state index contributed by atoms with van der Waals surface area (Å²) in [5.41, 5.74) is 2.52. The van der Waals surface area contributed by atoms with Crippen molar-refractivity contribution < 1.29 is 0 Å². The predicted octanol–water partition coefficient (Wildman–Crippen LogP) is 3.40. The fourth-order valence-electron chi connectivity index (χ4n) is 1.89. The summed E-state index contributed by atoms with van der Waals surface area (Å²) in [7, 11) is 0. The van der Waals surface area contributed by atoms with Crippen LogP contribution in [0.15, 0.2) is 6.07 Å². The van der Waals surface area contributed by atoms with Crippen molar-refractivity contribution in [2.24, 2.45) is 5.84 Å². The number of aromatic nitrogens is 2. The number of hydrogen-bond donors (Lipinski definition) is 3. The highest BCUT2D eigenvalue weighted by molar-refractivity contribution is 7.98. The molecule has 0 spiro atoms. The third-order valence-electron chi connectivity index (χ3n) is 3.13. The highest BCUT2D eigenvalue weighted by Crippen LogP contribution is 2.22. The summed E-state index contributed by atoms with van der Waals surface area (Å²) in [6.07, 6.45) is 7.19. The normalized spacial score (nSPS) is 11.5. The molecule has 0 unspecified atom stereocenters. The zero-order valence-corrected chi connectivity index (χ0v) is 14.5. The number of hydrogen-bond acceptors (Lipinski definition) is 6. The molecule has 0 fully saturated rings. The maximum Gasteiger partial charge on any atom is 0.145 e. The van der Waals surface area contributed by atoms with Gasteiger partial charge in [-0.05, 0) is 24.9 Å². The van der Waals surface area contributed by atoms with E-state index in [1.54, 1.807) is 0 Å². The third kappa shape index (κ3) is 7.00. The van der Waals surface area contributed by atoms with Crippen LogP contribution in [-0.4, -0.2) is 28.5 Å². The Balaban J connectivity index is 2.47. The van der Waals surface area contributed by atoms with Gasteiger partial charge in [-0.2, -0.15) is 11.8 Å². The van der Waals surface area contributed by atoms with Gasteiger partial charge in [-0.1, -0.05) is 33.6 Å². The molecule has 1 heterocycles. The molecule has 0 saturated heterocycles. The molecule has 0 atom stereocenters. The zero-order valence-electron chi connectivity index (χ0n) is 13.7. The lowest BCUT2D eigenvalue weighted by Gasteiger charge is -2.18. The quantitative estimate of drug-likeness (QED) is 0.369. The largest absolute Gasteiger partial charge is 0.370 e. The van der Waals surface area contributed by atoms with Crippen LogP contribution >= 0.6 is 11.8 Å². The number of hydrazine groups is 1. The molecule has 6 heteroatoms. The van der Waals surface area contributed by atoms with Crippen LogP contribution in [0.1, 0.15) is 52.3 Å². The molecule has 5 nitrogen and oxygen atoms in total. The van der Waals surface area contributed by atoms with Gasteiger partial charge in [0.05, 0.1) is 0 Å². The van der Waals surface area contributed by atoms with E-state index in [9.17, 15) is 0 Å². The van der Waals surface area contributed by atoms with E-state index in [0.29, 0.717) is 5.82 Å². The van der Waals surface area contributed by atoms with Gasteiger partial charge in [0, 0.05) is 18.0 Å². The summed E-state index contributed by atoms with van der Waals surface area (Å²) in [5, 5.41) is 3.37. The first-order valence-electron chi connectivity index (χ1n) is 7.56. The number of unbranched alkanes of at least 4 members (excludes halogenated alkanes) is 3. The lowest BCUT2D eigenvalue weighted by molar-refractivity contribution is 0.546. The first-order chi connectivity index (χ1) is 9.97. The Kier molecular flexibility index (Phi) is 7.82. The summed E-state index contributed by atoms with van der Waals surface area (Å²) in [6.45, 7) is 7.22. The minimum absolute atomic E-state index is 0.0961. The molecule has 0 amide bonds. The molecule has 0 aromatic carbocycles. The van der Waals surface area contributed by atoms with Crippen LogP contribution in [0.25, 0.3) is 0 Å². The molecular weight excluding hydrogens is 282 g/mol. The molecular formula is C15H29N5S. The standard InChI is InChI=1S/C15H29N5S/c1-15(2,3)14-18-12(11-13(19-14)20-16)17-9-7-5-6-8-10-21-4/h11H,5-10,16H2,1-4H3,(H2,17,18,19,20). The Bertz CT molecular complexity index is 417. The second kappa shape index (κ2) is 9.10. The highest BCUT2D eigenvalue weighted by atomic mass is 32.2. The first kappa shape index (κ1) is 18.0. The van der Waals surface area contributed by atoms with Crippen LogP contribution in [0.3, 0.4) is 0 Å². The number of nitrogens with zero attached hydrogens (tertiary/aromatic N) is 2. The van der Waals surface area contributed by atoms with Gasteiger partial charge in [-0.25, -0.2) is 15.8 Å². The van der Waals surface area contributed by atoms with Gasteiger partial charge in [-0.15, -0.1) is 0 Å². The molecule has 1 rings (SSSR count). The fourth-order valence-corrected chi connectivity index (χ4v) is 2.38. The van der Waals surface area contributed by atoms with E-state index in [1.807, 2.05) is 17.8 Å². The molecule has 4 N–H and O–H groups in total. The Morgan fingerprint density at radius 3 is 2.38 bits per heavy atom. The third-order valence-corrected chi connectivity index (χ3v) is 3.82. The van der Waals surface area contributed by atoms with E-state index < -0.39 is 0 Å². The molecule has 0 aliphatic heterocycles. The van der Waals surface area contributed by atoms with E-state index in [1.165, 1.54) is 25.0 Å². The smallest absolute Gasteiger partial charge is 0.145 e. The van der Waals surface area contributed by atoms with Crippen LogP contribution in [0, 0.1) is 0 Å². The minimum atomic E-state index is -0.0961. The summed E-state index contributed by atoms with van der Waals surface area (Å²) in [4.78, 5) is 8.99. The molecule has 1 aromatic rings. The number of nitrogens with one attached hydrogen (secondary N) is 2. The van der Waals surface area contributed by atoms with Gasteiger partial charge in [0.15, 0.2) is 0 Å². The summed E-state index contributed by atoms with van der Waals surface area (Å²) < 4.78 is 0. The van der Waals surface area contributed by atoms with Gasteiger partial charge in [0.2, 0.25) is 0 Å². The van der Waals surface area contributed by atoms with Crippen molar-refractivity contribution >= 4 is 23.4 Å². The van der Waals surface area contributed by atoms with Crippen molar-refractivity contribution in [1.29, 1.82) is 0 Å². The number of nitrogen functional groups attached to an aromatic ring is 1. The van der Waals surface area contributed by atoms with Crippen LogP contribution < -0.4 is 16.6 Å². The Labute approximate surface area is 132 Å². The maximum absolute atomic E-state index is 5.48. The molecule has 0 bridgehead atoms. The topological polar surface area (TPSA) is 75.9 Å². The fraction of sp³-hybridized carbons (Fsp3) is 0.733. The van der Waals surface area contributed by atoms with Gasteiger partial charge in [0.1, 0.15) is 17.5 Å². The second-order valence-corrected chi connectivity index (χ2v) is 7.18. The van der Waals surface area contributed by atoms with Gasteiger partial charge in [-0.3, -0.25) is 0 Å². The highest BCUT2D eigenvalue weighted by Gasteiger charge is 2.18. The molecule has 1 aromatic heterocycles. The Morgan fingerprint density at radius 2 is 1.76 bits per heavy atom. The number of nitrogens with two attached hydrogens (primary N) is 1. The molecule has 0 aliphatic rings. The van der Waals surface area contributed by atoms with Crippen molar-refractivity contribution in [2.75, 3.05) is 29.3 Å². The van der Waals surface area contributed by atoms with Crippen molar-refractivity contribution in [2.45, 2.75) is 51.9 Å². The molecule has 0 saturated carbocycles. The minimum Gasteiger partial charge on any atom is -0.370 e. The SMILES string of the molecule is CSCCCCCCNc1cc(NN)nc(C(C)(C)C)n1. The van der Waals surface area contributed by atoms with E-state index in [2.05, 4.69) is 47.7 Å². The van der Waals surface area contributed by atoms with E-state index in [4.69, 9.17) is 5.84 Å². The summed E-state index contributed by atoms with van der Waals surface area (Å²) >= 11 is 1.92. The van der Waals surface area contributed by atoms with Crippen molar-refractivity contribution in [3.63, 3.8) is 0 Å². The number of anilines is 2. The Morgan fingerprint density at radius 1 is 1.10 bits per heavy atom. The van der Waals surface area contributed by atoms with Crippen LogP contribution in [0.4, 0.5) is 11.6 Å². The van der Waals surface area contributed by atoms with Gasteiger partial charge >= 0.3 is 0 Å². The van der Waals surface area contributed by atoms with E-state index >= 15 is 0 Å². The molecule has 0 radical (unpaired) electrons. The van der Waals surface area contributed by atoms with Crippen molar-refractivity contribution in [3.8, 4) is 0 Å². The molecule has 0 aliphatic carbocycles. The average Bonchev–Trinajstić information content (AvgIpc) is 2.45. The predicted molar refractivity (Wildman–Crippen MR) is 93.9 cm³/mol. The average molecular weight is 311 g/mol. The lowest BCUT2D eigenvalue weighted by Crippen LogP contribution is -2.20. The van der Waals surface area contributed by atoms with Crippen LogP contribution in [0.2, 0.25) is 0 Å². The van der Waals surface area contributed by atoms with Crippen LogP contribution in [0.5, 0.6) is 0 Å². The monoisotopic (exact) mass is 311 g/mol. The van der Waals surface area contributed by atoms with Crippen LogP contribution in [-0.2, 0) is 5.41 Å². The zero-order chi connectivity index (χ0) is 15.7. The summed E-state index contributed by atoms with van der Waals surface area (Å²) in [6, 6.07) is 1.85. The molecule has 21 heavy (non-hydrogen) atoms. The molecule has 120 valence electrons. The number of rotatable bonds is 9. The first-order valence-corrected chi connectivity index (χ1v) is 8.95. The van der Waals surface area contributed by atoms with E-state index in [-0.39, 0.29) is 5.41 Å². The summed E-state index contributed by atoms with van der Waals surface area (Å²) in [5.74, 6) is 9.03. The van der Waals surface area contributed by atoms with Crippen molar-refractivity contribution in [1.82, 2.24) is 9.97 Å².